The lowest BCUT2D eigenvalue weighted by atomic mass is 9.97. The molecule has 0 amide bonds. The Morgan fingerprint density at radius 2 is 1.57 bits per heavy atom. The minimum Gasteiger partial charge on any atom is -0.453 e. The van der Waals surface area contributed by atoms with Gasteiger partial charge in [0.25, 0.3) is 0 Å². The Morgan fingerprint density at radius 3 is 2.29 bits per heavy atom. The van der Waals surface area contributed by atoms with Crippen LogP contribution in [-0.2, 0) is 0 Å². The minimum atomic E-state index is -0.0738. The van der Waals surface area contributed by atoms with Crippen molar-refractivity contribution in [3.63, 3.8) is 0 Å². The van der Waals surface area contributed by atoms with Crippen molar-refractivity contribution < 1.29 is 14.0 Å². The highest BCUT2D eigenvalue weighted by molar-refractivity contribution is 6.12. The molecule has 1 heterocycles. The molecule has 2 aromatic carbocycles. The predicted octanol–water partition coefficient (Wildman–Crippen LogP) is 3.99. The van der Waals surface area contributed by atoms with Gasteiger partial charge in [0, 0.05) is 16.7 Å². The van der Waals surface area contributed by atoms with E-state index in [0.717, 1.165) is 0 Å². The maximum atomic E-state index is 12.6. The third kappa shape index (κ3) is 2.54. The molecule has 0 aliphatic carbocycles. The highest BCUT2D eigenvalue weighted by Crippen LogP contribution is 2.27. The topological polar surface area (TPSA) is 47.3 Å². The molecule has 0 spiro atoms. The number of aldehydes is 1. The molecule has 0 unspecified atom stereocenters. The Bertz CT molecular complexity index is 785. The van der Waals surface area contributed by atoms with Gasteiger partial charge in [-0.05, 0) is 12.1 Å². The number of rotatable bonds is 4. The van der Waals surface area contributed by atoms with Crippen molar-refractivity contribution in [1.29, 1.82) is 0 Å². The van der Waals surface area contributed by atoms with Gasteiger partial charge < -0.3 is 4.42 Å². The van der Waals surface area contributed by atoms with E-state index in [1.54, 1.807) is 30.3 Å². The molecule has 0 atom stereocenters. The highest BCUT2D eigenvalue weighted by Gasteiger charge is 2.16. The molecular formula is C18H12O3. The predicted molar refractivity (Wildman–Crippen MR) is 79.4 cm³/mol. The van der Waals surface area contributed by atoms with Crippen LogP contribution in [0.1, 0.15) is 26.5 Å². The van der Waals surface area contributed by atoms with Gasteiger partial charge in [-0.1, -0.05) is 54.6 Å². The lowest BCUT2D eigenvalue weighted by molar-refractivity contribution is 0.103. The maximum Gasteiger partial charge on any atom is 0.193 e. The summed E-state index contributed by atoms with van der Waals surface area (Å²) in [4.78, 5) is 23.3. The molecule has 3 nitrogen and oxygen atoms in total. The first-order chi connectivity index (χ1) is 10.3. The van der Waals surface area contributed by atoms with E-state index >= 15 is 0 Å². The van der Waals surface area contributed by atoms with Crippen LogP contribution in [-0.4, -0.2) is 12.1 Å². The molecule has 0 bridgehead atoms. The summed E-state index contributed by atoms with van der Waals surface area (Å²) in [5.74, 6) is 0.680. The second kappa shape index (κ2) is 5.59. The minimum absolute atomic E-state index is 0.0738. The van der Waals surface area contributed by atoms with Crippen molar-refractivity contribution in [2.45, 2.75) is 0 Å². The molecule has 3 aromatic rings. The highest BCUT2D eigenvalue weighted by atomic mass is 16.3. The van der Waals surface area contributed by atoms with Gasteiger partial charge in [0.05, 0.1) is 0 Å². The third-order valence-corrected chi connectivity index (χ3v) is 3.22. The van der Waals surface area contributed by atoms with E-state index in [9.17, 15) is 9.59 Å². The van der Waals surface area contributed by atoms with Crippen LogP contribution in [0.2, 0.25) is 0 Å². The Kier molecular flexibility index (Phi) is 3.48. The van der Waals surface area contributed by atoms with Crippen molar-refractivity contribution in [2.24, 2.45) is 0 Å². The summed E-state index contributed by atoms with van der Waals surface area (Å²) >= 11 is 0. The number of hydrogen-bond acceptors (Lipinski definition) is 3. The standard InChI is InChI=1S/C18H12O3/c19-12-14-10-11-17(21-14)15-8-4-5-9-16(15)18(20)13-6-2-1-3-7-13/h1-12H. The number of benzene rings is 2. The van der Waals surface area contributed by atoms with Crippen LogP contribution in [0.15, 0.2) is 71.1 Å². The van der Waals surface area contributed by atoms with Gasteiger partial charge in [-0.2, -0.15) is 0 Å². The second-order valence-electron chi connectivity index (χ2n) is 4.56. The van der Waals surface area contributed by atoms with Gasteiger partial charge in [0.2, 0.25) is 0 Å². The average molecular weight is 276 g/mol. The second-order valence-corrected chi connectivity index (χ2v) is 4.56. The number of carbonyl (C=O) groups is 2. The fraction of sp³-hybridized carbons (Fsp3) is 0. The Labute approximate surface area is 121 Å². The molecule has 0 fully saturated rings. The van der Waals surface area contributed by atoms with Crippen LogP contribution in [0.25, 0.3) is 11.3 Å². The molecule has 0 aliphatic heterocycles. The molecule has 0 N–H and O–H groups in total. The number of furan rings is 1. The number of hydrogen-bond donors (Lipinski definition) is 0. The monoisotopic (exact) mass is 276 g/mol. The smallest absolute Gasteiger partial charge is 0.193 e. The van der Waals surface area contributed by atoms with Gasteiger partial charge in [0.15, 0.2) is 17.8 Å². The summed E-state index contributed by atoms with van der Waals surface area (Å²) in [6.45, 7) is 0. The van der Waals surface area contributed by atoms with Crippen molar-refractivity contribution in [3.8, 4) is 11.3 Å². The molecule has 0 radical (unpaired) electrons. The summed E-state index contributed by atoms with van der Waals surface area (Å²) in [6, 6.07) is 19.6. The van der Waals surface area contributed by atoms with Crippen LogP contribution in [0.4, 0.5) is 0 Å². The molecule has 21 heavy (non-hydrogen) atoms. The van der Waals surface area contributed by atoms with E-state index in [1.807, 2.05) is 36.4 Å². The van der Waals surface area contributed by atoms with Gasteiger partial charge >= 0.3 is 0 Å². The van der Waals surface area contributed by atoms with Gasteiger partial charge in [-0.3, -0.25) is 9.59 Å². The zero-order valence-corrected chi connectivity index (χ0v) is 11.2. The molecule has 3 rings (SSSR count). The first-order valence-corrected chi connectivity index (χ1v) is 6.54. The summed E-state index contributed by atoms with van der Waals surface area (Å²) < 4.78 is 5.43. The Hall–Kier alpha value is -2.94. The van der Waals surface area contributed by atoms with E-state index in [0.29, 0.717) is 28.7 Å². The molecule has 3 heteroatoms. The SMILES string of the molecule is O=Cc1ccc(-c2ccccc2C(=O)c2ccccc2)o1. The fourth-order valence-corrected chi connectivity index (χ4v) is 2.20. The molecule has 1 aromatic heterocycles. The maximum absolute atomic E-state index is 12.6. The zero-order chi connectivity index (χ0) is 14.7. The van der Waals surface area contributed by atoms with E-state index in [-0.39, 0.29) is 11.5 Å². The van der Waals surface area contributed by atoms with Crippen LogP contribution in [0.5, 0.6) is 0 Å². The zero-order valence-electron chi connectivity index (χ0n) is 11.2. The van der Waals surface area contributed by atoms with Crippen LogP contribution >= 0.6 is 0 Å². The fourth-order valence-electron chi connectivity index (χ4n) is 2.20. The van der Waals surface area contributed by atoms with E-state index in [2.05, 4.69) is 0 Å². The first kappa shape index (κ1) is 13.1. The van der Waals surface area contributed by atoms with Crippen LogP contribution in [0, 0.1) is 0 Å². The van der Waals surface area contributed by atoms with Crippen LogP contribution < -0.4 is 0 Å². The molecular weight excluding hydrogens is 264 g/mol. The molecule has 0 saturated carbocycles. The molecule has 0 saturated heterocycles. The van der Waals surface area contributed by atoms with Crippen molar-refractivity contribution >= 4 is 12.1 Å². The Balaban J connectivity index is 2.08. The molecule has 0 aliphatic rings. The lowest BCUT2D eigenvalue weighted by Crippen LogP contribution is -2.02. The third-order valence-electron chi connectivity index (χ3n) is 3.22. The lowest BCUT2D eigenvalue weighted by Gasteiger charge is -2.06. The Morgan fingerprint density at radius 1 is 0.857 bits per heavy atom. The first-order valence-electron chi connectivity index (χ1n) is 6.54. The van der Waals surface area contributed by atoms with Gasteiger partial charge in [0.1, 0.15) is 5.76 Å². The average Bonchev–Trinajstić information content (AvgIpc) is 3.04. The van der Waals surface area contributed by atoms with Gasteiger partial charge in [-0.15, -0.1) is 0 Å². The largest absolute Gasteiger partial charge is 0.453 e. The van der Waals surface area contributed by atoms with Crippen molar-refractivity contribution in [2.75, 3.05) is 0 Å². The van der Waals surface area contributed by atoms with Crippen molar-refractivity contribution in [3.05, 3.63) is 83.6 Å². The summed E-state index contributed by atoms with van der Waals surface area (Å²) in [5, 5.41) is 0. The quantitative estimate of drug-likeness (QED) is 0.534. The van der Waals surface area contributed by atoms with E-state index in [4.69, 9.17) is 4.42 Å². The number of carbonyl (C=O) groups excluding carboxylic acids is 2. The number of ketones is 1. The van der Waals surface area contributed by atoms with E-state index in [1.165, 1.54) is 0 Å². The van der Waals surface area contributed by atoms with Crippen molar-refractivity contribution in [1.82, 2.24) is 0 Å². The molecule has 102 valence electrons. The van der Waals surface area contributed by atoms with E-state index < -0.39 is 0 Å². The normalized spacial score (nSPS) is 10.3. The summed E-state index contributed by atoms with van der Waals surface area (Å²) in [6.07, 6.45) is 0.644. The summed E-state index contributed by atoms with van der Waals surface area (Å²) in [7, 11) is 0. The van der Waals surface area contributed by atoms with Gasteiger partial charge in [-0.25, -0.2) is 0 Å². The van der Waals surface area contributed by atoms with Crippen LogP contribution in [0.3, 0.4) is 0 Å². The summed E-state index contributed by atoms with van der Waals surface area (Å²) in [5.41, 5.74) is 1.85.